The number of hydrogen-bond donors (Lipinski definition) is 2. The predicted octanol–water partition coefficient (Wildman–Crippen LogP) is 1.74. The van der Waals surface area contributed by atoms with Gasteiger partial charge in [-0.25, -0.2) is 4.79 Å². The Bertz CT molecular complexity index is 476. The summed E-state index contributed by atoms with van der Waals surface area (Å²) in [5.41, 5.74) is 1.14. The first-order valence-electron chi connectivity index (χ1n) is 5.58. The van der Waals surface area contributed by atoms with E-state index in [0.717, 1.165) is 10.6 Å². The molecule has 2 N–H and O–H groups in total. The largest absolute Gasteiger partial charge is 0.453 e. The van der Waals surface area contributed by atoms with Gasteiger partial charge in [-0.1, -0.05) is 23.7 Å². The fraction of sp³-hybridized carbons (Fsp3) is 0.333. The summed E-state index contributed by atoms with van der Waals surface area (Å²) in [6.07, 6.45) is -0.526. The first-order valence-corrected chi connectivity index (χ1v) is 5.95. The third-order valence-corrected chi connectivity index (χ3v) is 2.95. The number of methoxy groups -OCH3 is 1. The van der Waals surface area contributed by atoms with Crippen molar-refractivity contribution in [1.82, 2.24) is 10.6 Å². The molecule has 1 amide bonds. The highest BCUT2D eigenvalue weighted by Crippen LogP contribution is 2.20. The average Bonchev–Trinajstić information content (AvgIpc) is 2.39. The van der Waals surface area contributed by atoms with Crippen molar-refractivity contribution >= 4 is 23.7 Å². The van der Waals surface area contributed by atoms with Crippen LogP contribution in [0.2, 0.25) is 5.02 Å². The Morgan fingerprint density at radius 3 is 3.06 bits per heavy atom. The molecule has 1 aromatic rings. The molecule has 0 saturated heterocycles. The lowest BCUT2D eigenvalue weighted by Gasteiger charge is -2.23. The van der Waals surface area contributed by atoms with E-state index >= 15 is 0 Å². The van der Waals surface area contributed by atoms with Crippen molar-refractivity contribution in [2.75, 3.05) is 20.2 Å². The Balaban J connectivity index is 1.99. The number of amides is 1. The van der Waals surface area contributed by atoms with Crippen molar-refractivity contribution in [3.8, 4) is 0 Å². The van der Waals surface area contributed by atoms with Gasteiger partial charge in [-0.3, -0.25) is 10.3 Å². The number of halogens is 1. The van der Waals surface area contributed by atoms with Crippen LogP contribution in [-0.2, 0) is 4.74 Å². The van der Waals surface area contributed by atoms with Crippen molar-refractivity contribution in [2.45, 2.75) is 5.92 Å². The number of guanidine groups is 1. The fourth-order valence-electron chi connectivity index (χ4n) is 1.76. The first-order chi connectivity index (χ1) is 8.69. The minimum atomic E-state index is -0.526. The molecule has 2 rings (SSSR count). The fourth-order valence-corrected chi connectivity index (χ4v) is 1.96. The second kappa shape index (κ2) is 5.73. The molecule has 0 aliphatic carbocycles. The van der Waals surface area contributed by atoms with E-state index < -0.39 is 6.09 Å². The highest BCUT2D eigenvalue weighted by molar-refractivity contribution is 6.30. The van der Waals surface area contributed by atoms with Gasteiger partial charge in [0.25, 0.3) is 0 Å². The lowest BCUT2D eigenvalue weighted by molar-refractivity contribution is 0.176. The summed E-state index contributed by atoms with van der Waals surface area (Å²) in [7, 11) is 1.31. The van der Waals surface area contributed by atoms with E-state index in [1.807, 2.05) is 24.3 Å². The predicted molar refractivity (Wildman–Crippen MR) is 70.0 cm³/mol. The SMILES string of the molecule is COC(=O)NC1=NCC(c2cccc(Cl)c2)CN1. The van der Waals surface area contributed by atoms with Crippen LogP contribution in [0, 0.1) is 0 Å². The zero-order valence-electron chi connectivity index (χ0n) is 9.94. The van der Waals surface area contributed by atoms with Crippen molar-refractivity contribution in [3.63, 3.8) is 0 Å². The molecule has 1 aliphatic rings. The van der Waals surface area contributed by atoms with Crippen LogP contribution < -0.4 is 10.6 Å². The molecule has 1 atom stereocenters. The maximum absolute atomic E-state index is 11.0. The second-order valence-corrected chi connectivity index (χ2v) is 4.38. The van der Waals surface area contributed by atoms with E-state index in [4.69, 9.17) is 11.6 Å². The van der Waals surface area contributed by atoms with Crippen LogP contribution in [0.25, 0.3) is 0 Å². The quantitative estimate of drug-likeness (QED) is 0.815. The summed E-state index contributed by atoms with van der Waals surface area (Å²) in [6, 6.07) is 7.72. The van der Waals surface area contributed by atoms with Crippen molar-refractivity contribution in [3.05, 3.63) is 34.9 Å². The molecule has 18 heavy (non-hydrogen) atoms. The molecular formula is C12H14ClN3O2. The zero-order chi connectivity index (χ0) is 13.0. The van der Waals surface area contributed by atoms with E-state index in [0.29, 0.717) is 19.0 Å². The van der Waals surface area contributed by atoms with Crippen molar-refractivity contribution in [1.29, 1.82) is 0 Å². The standard InChI is InChI=1S/C12H14ClN3O2/c1-18-12(17)16-11-14-6-9(7-15-11)8-3-2-4-10(13)5-8/h2-5,9H,6-7H2,1H3,(H2,14,15,16,17). The lowest BCUT2D eigenvalue weighted by atomic mass is 9.98. The molecule has 1 aliphatic heterocycles. The van der Waals surface area contributed by atoms with Crippen molar-refractivity contribution < 1.29 is 9.53 Å². The number of benzene rings is 1. The second-order valence-electron chi connectivity index (χ2n) is 3.94. The number of hydrogen-bond acceptors (Lipinski definition) is 4. The topological polar surface area (TPSA) is 62.7 Å². The molecule has 5 nitrogen and oxygen atoms in total. The van der Waals surface area contributed by atoms with E-state index in [-0.39, 0.29) is 5.92 Å². The van der Waals surface area contributed by atoms with Gasteiger partial charge < -0.3 is 10.1 Å². The number of rotatable bonds is 1. The number of nitrogens with one attached hydrogen (secondary N) is 2. The van der Waals surface area contributed by atoms with Crippen molar-refractivity contribution in [2.24, 2.45) is 4.99 Å². The summed E-state index contributed by atoms with van der Waals surface area (Å²) in [5.74, 6) is 0.701. The van der Waals surface area contributed by atoms with E-state index in [2.05, 4.69) is 20.4 Å². The highest BCUT2D eigenvalue weighted by atomic mass is 35.5. The average molecular weight is 268 g/mol. The van der Waals surface area contributed by atoms with Gasteiger partial charge in [0.2, 0.25) is 5.96 Å². The molecule has 0 bridgehead atoms. The summed E-state index contributed by atoms with van der Waals surface area (Å²) in [5, 5.41) is 6.27. The van der Waals surface area contributed by atoms with E-state index in [1.165, 1.54) is 7.11 Å². The number of aliphatic imine (C=N–C) groups is 1. The molecule has 0 saturated carbocycles. The molecule has 96 valence electrons. The molecule has 1 unspecified atom stereocenters. The Morgan fingerprint density at radius 2 is 2.44 bits per heavy atom. The van der Waals surface area contributed by atoms with Gasteiger partial charge in [-0.05, 0) is 17.7 Å². The number of carbonyl (C=O) groups excluding carboxylic acids is 1. The molecule has 1 aromatic carbocycles. The number of carbonyl (C=O) groups is 1. The minimum absolute atomic E-state index is 0.256. The van der Waals surface area contributed by atoms with Gasteiger partial charge in [-0.2, -0.15) is 0 Å². The molecule has 6 heteroatoms. The maximum Gasteiger partial charge on any atom is 0.413 e. The Kier molecular flexibility index (Phi) is 4.04. The van der Waals surface area contributed by atoms with Crippen LogP contribution in [0.5, 0.6) is 0 Å². The Hall–Kier alpha value is -1.75. The Labute approximate surface area is 110 Å². The van der Waals surface area contributed by atoms with E-state index in [1.54, 1.807) is 0 Å². The van der Waals surface area contributed by atoms with Gasteiger partial charge in [0, 0.05) is 17.5 Å². The van der Waals surface area contributed by atoms with E-state index in [9.17, 15) is 4.79 Å². The normalized spacial score (nSPS) is 18.6. The monoisotopic (exact) mass is 267 g/mol. The smallest absolute Gasteiger partial charge is 0.413 e. The molecule has 0 aromatic heterocycles. The lowest BCUT2D eigenvalue weighted by Crippen LogP contribution is -2.45. The summed E-state index contributed by atoms with van der Waals surface area (Å²) >= 11 is 5.95. The maximum atomic E-state index is 11.0. The zero-order valence-corrected chi connectivity index (χ0v) is 10.7. The number of ether oxygens (including phenoxy) is 1. The van der Waals surface area contributed by atoms with Gasteiger partial charge in [0.15, 0.2) is 0 Å². The summed E-state index contributed by atoms with van der Waals surface area (Å²) in [6.45, 7) is 1.30. The molecule has 0 spiro atoms. The molecular weight excluding hydrogens is 254 g/mol. The number of nitrogens with zero attached hydrogens (tertiary/aromatic N) is 1. The minimum Gasteiger partial charge on any atom is -0.453 e. The molecule has 0 fully saturated rings. The summed E-state index contributed by atoms with van der Waals surface area (Å²) < 4.78 is 4.49. The van der Waals surface area contributed by atoms with Crippen LogP contribution in [0.1, 0.15) is 11.5 Å². The third-order valence-electron chi connectivity index (χ3n) is 2.71. The van der Waals surface area contributed by atoms with Crippen LogP contribution in [0.15, 0.2) is 29.3 Å². The van der Waals surface area contributed by atoms with Gasteiger partial charge >= 0.3 is 6.09 Å². The number of alkyl carbamates (subject to hydrolysis) is 1. The Morgan fingerprint density at radius 1 is 1.61 bits per heavy atom. The van der Waals surface area contributed by atoms with Gasteiger partial charge in [-0.15, -0.1) is 0 Å². The van der Waals surface area contributed by atoms with Crippen LogP contribution in [0.4, 0.5) is 4.79 Å². The van der Waals surface area contributed by atoms with Crippen LogP contribution >= 0.6 is 11.6 Å². The third kappa shape index (κ3) is 3.13. The molecule has 1 heterocycles. The molecule has 0 radical (unpaired) electrons. The van der Waals surface area contributed by atoms with Gasteiger partial charge in [0.05, 0.1) is 13.7 Å². The van der Waals surface area contributed by atoms with Crippen LogP contribution in [-0.4, -0.2) is 32.3 Å². The summed E-state index contributed by atoms with van der Waals surface area (Å²) in [4.78, 5) is 15.3. The first kappa shape index (κ1) is 12.7. The van der Waals surface area contributed by atoms with Crippen LogP contribution in [0.3, 0.4) is 0 Å². The van der Waals surface area contributed by atoms with Gasteiger partial charge in [0.1, 0.15) is 0 Å². The highest BCUT2D eigenvalue weighted by Gasteiger charge is 2.18.